The van der Waals surface area contributed by atoms with Gasteiger partial charge < -0.3 is 14.9 Å². The fraction of sp³-hybridized carbons (Fsp3) is 0.476. The molecule has 1 amide bonds. The summed E-state index contributed by atoms with van der Waals surface area (Å²) in [5.74, 6) is 1.74. The zero-order chi connectivity index (χ0) is 18.6. The number of carbonyl (C=O) groups is 1. The van der Waals surface area contributed by atoms with Crippen molar-refractivity contribution in [2.75, 3.05) is 26.2 Å². The van der Waals surface area contributed by atoms with Crippen molar-refractivity contribution in [1.29, 1.82) is 0 Å². The van der Waals surface area contributed by atoms with Gasteiger partial charge in [0, 0.05) is 31.7 Å². The van der Waals surface area contributed by atoms with Crippen molar-refractivity contribution in [1.82, 2.24) is 9.80 Å². The van der Waals surface area contributed by atoms with Crippen LogP contribution in [0.25, 0.3) is 0 Å². The molecule has 27 heavy (non-hydrogen) atoms. The Morgan fingerprint density at radius 2 is 2.11 bits per heavy atom. The first kappa shape index (κ1) is 18.1. The molecule has 1 saturated heterocycles. The number of ether oxygens (including phenoxy) is 1. The maximum absolute atomic E-state index is 11.5. The molecule has 1 atom stereocenters. The zero-order valence-corrected chi connectivity index (χ0v) is 15.6. The lowest BCUT2D eigenvalue weighted by molar-refractivity contribution is -0.123. The molecule has 1 aromatic carbocycles. The molecule has 0 saturated carbocycles. The number of carbonyl (C=O) groups excluding carboxylic acids is 1. The number of rotatable bonds is 5. The van der Waals surface area contributed by atoms with Gasteiger partial charge in [-0.1, -0.05) is 6.07 Å². The van der Waals surface area contributed by atoms with Gasteiger partial charge in [-0.3, -0.25) is 14.6 Å². The molecule has 3 heterocycles. The van der Waals surface area contributed by atoms with Crippen LogP contribution in [0.4, 0.5) is 0 Å². The summed E-state index contributed by atoms with van der Waals surface area (Å²) in [6, 6.07) is 10.4. The van der Waals surface area contributed by atoms with E-state index in [1.807, 2.05) is 12.1 Å². The fourth-order valence-electron chi connectivity index (χ4n) is 4.05. The van der Waals surface area contributed by atoms with E-state index < -0.39 is 0 Å². The predicted octanol–water partition coefficient (Wildman–Crippen LogP) is 2.37. The molecule has 6 heteroatoms. The summed E-state index contributed by atoms with van der Waals surface area (Å²) in [5.41, 5.74) is 7.97. The molecule has 1 fully saturated rings. The van der Waals surface area contributed by atoms with Crippen LogP contribution in [-0.2, 0) is 24.4 Å². The Hall–Kier alpha value is -2.31. The van der Waals surface area contributed by atoms with Gasteiger partial charge in [0.2, 0.25) is 5.91 Å². The Morgan fingerprint density at radius 1 is 1.19 bits per heavy atom. The van der Waals surface area contributed by atoms with E-state index in [2.05, 4.69) is 28.0 Å². The number of hydrogen-bond acceptors (Lipinski definition) is 5. The highest BCUT2D eigenvalue weighted by atomic mass is 16.5. The Kier molecular flexibility index (Phi) is 5.45. The zero-order valence-electron chi connectivity index (χ0n) is 15.6. The summed E-state index contributed by atoms with van der Waals surface area (Å²) in [6.45, 7) is 5.79. The number of nitrogens with zero attached hydrogens (tertiary/aromatic N) is 2. The van der Waals surface area contributed by atoms with Crippen LogP contribution in [0.15, 0.2) is 41.0 Å². The van der Waals surface area contributed by atoms with Gasteiger partial charge in [0.25, 0.3) is 0 Å². The van der Waals surface area contributed by atoms with Gasteiger partial charge in [0.15, 0.2) is 0 Å². The second-order valence-electron chi connectivity index (χ2n) is 7.56. The largest absolute Gasteiger partial charge is 0.492 e. The minimum Gasteiger partial charge on any atom is -0.492 e. The monoisotopic (exact) mass is 369 g/mol. The van der Waals surface area contributed by atoms with E-state index in [0.717, 1.165) is 63.6 Å². The number of fused-ring (bicyclic) bond motifs is 1. The van der Waals surface area contributed by atoms with Gasteiger partial charge in [0.1, 0.15) is 18.1 Å². The molecule has 2 N–H and O–H groups in total. The highest BCUT2D eigenvalue weighted by Crippen LogP contribution is 2.27. The van der Waals surface area contributed by atoms with Gasteiger partial charge in [-0.2, -0.15) is 0 Å². The minimum atomic E-state index is -0.177. The molecule has 2 aromatic rings. The van der Waals surface area contributed by atoms with Gasteiger partial charge in [0.05, 0.1) is 18.7 Å². The number of nitrogens with two attached hydrogens (primary N) is 1. The van der Waals surface area contributed by atoms with E-state index in [0.29, 0.717) is 6.61 Å². The van der Waals surface area contributed by atoms with Crippen molar-refractivity contribution < 1.29 is 13.9 Å². The van der Waals surface area contributed by atoms with Crippen molar-refractivity contribution in [3.63, 3.8) is 0 Å². The highest BCUT2D eigenvalue weighted by molar-refractivity contribution is 5.76. The summed E-state index contributed by atoms with van der Waals surface area (Å²) in [7, 11) is 0. The lowest BCUT2D eigenvalue weighted by atomic mass is 9.97. The molecule has 1 aromatic heterocycles. The van der Waals surface area contributed by atoms with Crippen molar-refractivity contribution in [3.05, 3.63) is 53.5 Å². The highest BCUT2D eigenvalue weighted by Gasteiger charge is 2.24. The summed E-state index contributed by atoms with van der Waals surface area (Å²) in [4.78, 5) is 16.2. The smallest absolute Gasteiger partial charge is 0.221 e. The summed E-state index contributed by atoms with van der Waals surface area (Å²) in [6.07, 6.45) is 3.65. The molecular weight excluding hydrogens is 342 g/mol. The third-order valence-corrected chi connectivity index (χ3v) is 5.46. The van der Waals surface area contributed by atoms with E-state index in [-0.39, 0.29) is 11.8 Å². The predicted molar refractivity (Wildman–Crippen MR) is 102 cm³/mol. The molecule has 2 aliphatic heterocycles. The van der Waals surface area contributed by atoms with Crippen molar-refractivity contribution in [2.24, 2.45) is 11.7 Å². The number of primary amides is 1. The molecule has 2 aliphatic rings. The quantitative estimate of drug-likeness (QED) is 0.876. The molecule has 6 nitrogen and oxygen atoms in total. The lowest BCUT2D eigenvalue weighted by Crippen LogP contribution is -2.40. The standard InChI is InChI=1S/C21H27N3O3/c22-21(25)17-3-1-7-23(13-17)12-16-5-6-20-18(11-16)14-24(8-10-27-20)15-19-4-2-9-26-19/h2,4-6,9,11,17H,1,3,7-8,10,12-15H2,(H2,22,25). The van der Waals surface area contributed by atoms with Crippen molar-refractivity contribution in [3.8, 4) is 5.75 Å². The molecule has 0 spiro atoms. The number of furan rings is 1. The molecule has 1 unspecified atom stereocenters. The van der Waals surface area contributed by atoms with Gasteiger partial charge >= 0.3 is 0 Å². The second kappa shape index (κ2) is 8.15. The first-order valence-electron chi connectivity index (χ1n) is 9.68. The normalized spacial score (nSPS) is 21.3. The summed E-state index contributed by atoms with van der Waals surface area (Å²) < 4.78 is 11.4. The first-order valence-corrected chi connectivity index (χ1v) is 9.68. The number of likely N-dealkylation sites (tertiary alicyclic amines) is 1. The summed E-state index contributed by atoms with van der Waals surface area (Å²) in [5, 5.41) is 0. The van der Waals surface area contributed by atoms with E-state index in [9.17, 15) is 4.79 Å². The van der Waals surface area contributed by atoms with Gasteiger partial charge in [-0.05, 0) is 49.2 Å². The molecular formula is C21H27N3O3. The van der Waals surface area contributed by atoms with E-state index in [1.54, 1.807) is 6.26 Å². The van der Waals surface area contributed by atoms with Crippen LogP contribution in [0.1, 0.15) is 29.7 Å². The van der Waals surface area contributed by atoms with Gasteiger partial charge in [-0.15, -0.1) is 0 Å². The topological polar surface area (TPSA) is 71.9 Å². The van der Waals surface area contributed by atoms with E-state index in [4.69, 9.17) is 14.9 Å². The Labute approximate surface area is 159 Å². The average molecular weight is 369 g/mol. The number of benzene rings is 1. The van der Waals surface area contributed by atoms with Crippen molar-refractivity contribution in [2.45, 2.75) is 32.5 Å². The van der Waals surface area contributed by atoms with Crippen LogP contribution >= 0.6 is 0 Å². The third-order valence-electron chi connectivity index (χ3n) is 5.46. The minimum absolute atomic E-state index is 0.0216. The number of amides is 1. The van der Waals surface area contributed by atoms with Crippen LogP contribution in [0.3, 0.4) is 0 Å². The SMILES string of the molecule is NC(=O)C1CCCN(Cc2ccc3c(c2)CN(Cc2ccco2)CCO3)C1. The van der Waals surface area contributed by atoms with E-state index in [1.165, 1.54) is 11.1 Å². The van der Waals surface area contributed by atoms with Crippen molar-refractivity contribution >= 4 is 5.91 Å². The van der Waals surface area contributed by atoms with E-state index >= 15 is 0 Å². The maximum Gasteiger partial charge on any atom is 0.221 e. The maximum atomic E-state index is 11.5. The molecule has 144 valence electrons. The second-order valence-corrected chi connectivity index (χ2v) is 7.56. The fourth-order valence-corrected chi connectivity index (χ4v) is 4.05. The average Bonchev–Trinajstić information content (AvgIpc) is 3.08. The molecule has 0 aliphatic carbocycles. The molecule has 4 rings (SSSR count). The number of hydrogen-bond donors (Lipinski definition) is 1. The Morgan fingerprint density at radius 3 is 2.93 bits per heavy atom. The van der Waals surface area contributed by atoms with Crippen LogP contribution in [-0.4, -0.2) is 41.9 Å². The molecule has 0 bridgehead atoms. The van der Waals surface area contributed by atoms with Crippen LogP contribution in [0, 0.1) is 5.92 Å². The lowest BCUT2D eigenvalue weighted by Gasteiger charge is -2.31. The van der Waals surface area contributed by atoms with Gasteiger partial charge in [-0.25, -0.2) is 0 Å². The number of piperidine rings is 1. The Balaban J connectivity index is 1.44. The Bertz CT molecular complexity index is 775. The summed E-state index contributed by atoms with van der Waals surface area (Å²) >= 11 is 0. The third kappa shape index (κ3) is 4.51. The van der Waals surface area contributed by atoms with Crippen LogP contribution in [0.5, 0.6) is 5.75 Å². The van der Waals surface area contributed by atoms with Crippen LogP contribution < -0.4 is 10.5 Å². The first-order chi connectivity index (χ1) is 13.2. The molecule has 0 radical (unpaired) electrons. The van der Waals surface area contributed by atoms with Crippen LogP contribution in [0.2, 0.25) is 0 Å².